The Morgan fingerprint density at radius 3 is 2.51 bits per heavy atom. The molecule has 2 fully saturated rings. The van der Waals surface area contributed by atoms with Crippen LogP contribution < -0.4 is 16.0 Å². The van der Waals surface area contributed by atoms with Gasteiger partial charge in [0, 0.05) is 28.7 Å². The lowest BCUT2D eigenvalue weighted by Gasteiger charge is -2.41. The monoisotopic (exact) mass is 547 g/mol. The molecule has 3 aliphatic rings. The van der Waals surface area contributed by atoms with Crippen molar-refractivity contribution >= 4 is 40.7 Å². The van der Waals surface area contributed by atoms with E-state index in [-0.39, 0.29) is 34.5 Å². The first kappa shape index (κ1) is 26.4. The number of rotatable bonds is 3. The Labute approximate surface area is 226 Å². The van der Waals surface area contributed by atoms with Crippen LogP contribution in [0.1, 0.15) is 63.5 Å². The second kappa shape index (κ2) is 9.53. The van der Waals surface area contributed by atoms with Gasteiger partial charge in [0.15, 0.2) is 0 Å². The van der Waals surface area contributed by atoms with Crippen molar-refractivity contribution in [3.8, 4) is 0 Å². The summed E-state index contributed by atoms with van der Waals surface area (Å²) in [5, 5.41) is 19.9. The smallest absolute Gasteiger partial charge is 0.238 e. The molecule has 6 nitrogen and oxygen atoms in total. The van der Waals surface area contributed by atoms with E-state index in [1.807, 2.05) is 20.8 Å². The van der Waals surface area contributed by atoms with Gasteiger partial charge in [-0.3, -0.25) is 9.59 Å². The van der Waals surface area contributed by atoms with Crippen molar-refractivity contribution in [3.05, 3.63) is 63.4 Å². The molecule has 0 aromatic heterocycles. The number of carbonyl (C=O) groups excluding carboxylic acids is 2. The fourth-order valence-corrected chi connectivity index (χ4v) is 6.98. The largest absolute Gasteiger partial charge is 0.393 e. The molecule has 0 radical (unpaired) electrons. The Morgan fingerprint density at radius 2 is 1.84 bits per heavy atom. The zero-order valence-corrected chi connectivity index (χ0v) is 22.6. The van der Waals surface area contributed by atoms with E-state index in [9.17, 15) is 14.7 Å². The van der Waals surface area contributed by atoms with Gasteiger partial charge >= 0.3 is 0 Å². The van der Waals surface area contributed by atoms with E-state index in [0.717, 1.165) is 0 Å². The Bertz CT molecular complexity index is 1240. The summed E-state index contributed by atoms with van der Waals surface area (Å²) >= 11 is 12.5. The fourth-order valence-electron chi connectivity index (χ4n) is 6.63. The van der Waals surface area contributed by atoms with Crippen LogP contribution in [0.2, 0.25) is 10.0 Å². The maximum absolute atomic E-state index is 15.7. The molecule has 5 rings (SSSR count). The average Bonchev–Trinajstić information content (AvgIpc) is 3.33. The van der Waals surface area contributed by atoms with Crippen molar-refractivity contribution in [3.63, 3.8) is 0 Å². The number of hydrogen-bond acceptors (Lipinski definition) is 4. The summed E-state index contributed by atoms with van der Waals surface area (Å²) in [7, 11) is 0. The van der Waals surface area contributed by atoms with Crippen molar-refractivity contribution in [2.45, 2.75) is 82.0 Å². The van der Waals surface area contributed by atoms with Gasteiger partial charge in [-0.15, -0.1) is 0 Å². The summed E-state index contributed by atoms with van der Waals surface area (Å²) in [5.74, 6) is -2.13. The molecule has 4 N–H and O–H groups in total. The van der Waals surface area contributed by atoms with Crippen LogP contribution in [0.5, 0.6) is 0 Å². The van der Waals surface area contributed by atoms with Gasteiger partial charge in [0.2, 0.25) is 11.8 Å². The zero-order chi connectivity index (χ0) is 26.7. The number of aliphatic hydroxyl groups is 1. The van der Waals surface area contributed by atoms with Crippen LogP contribution >= 0.6 is 23.2 Å². The molecule has 1 unspecified atom stereocenters. The number of nitrogens with one attached hydrogen (secondary N) is 3. The second-order valence-corrected chi connectivity index (χ2v) is 12.4. The average molecular weight is 548 g/mol. The molecule has 1 aliphatic carbocycles. The van der Waals surface area contributed by atoms with Crippen molar-refractivity contribution in [2.24, 2.45) is 5.41 Å². The number of aliphatic hydroxyl groups excluding tert-OH is 1. The molecule has 198 valence electrons. The molecule has 2 amide bonds. The Hall–Kier alpha value is -2.19. The van der Waals surface area contributed by atoms with Gasteiger partial charge in [0.1, 0.15) is 11.2 Å². The number of hydrogen-bond donors (Lipinski definition) is 4. The summed E-state index contributed by atoms with van der Waals surface area (Å²) in [5.41, 5.74) is -0.341. The molecule has 4 atom stereocenters. The number of fused-ring (bicyclic) bond motifs is 2. The van der Waals surface area contributed by atoms with E-state index in [1.165, 1.54) is 6.07 Å². The minimum Gasteiger partial charge on any atom is -0.393 e. The van der Waals surface area contributed by atoms with Crippen LogP contribution in [0.3, 0.4) is 0 Å². The van der Waals surface area contributed by atoms with Crippen molar-refractivity contribution in [1.29, 1.82) is 0 Å². The van der Waals surface area contributed by atoms with E-state index in [4.69, 9.17) is 23.2 Å². The highest BCUT2D eigenvalue weighted by atomic mass is 35.5. The predicted molar refractivity (Wildman–Crippen MR) is 142 cm³/mol. The van der Waals surface area contributed by atoms with E-state index in [0.29, 0.717) is 42.0 Å². The Kier molecular flexibility index (Phi) is 6.80. The number of amides is 2. The Balaban J connectivity index is 1.69. The van der Waals surface area contributed by atoms with Crippen molar-refractivity contribution in [2.75, 3.05) is 5.32 Å². The molecule has 2 heterocycles. The molecule has 2 aromatic rings. The summed E-state index contributed by atoms with van der Waals surface area (Å²) in [6, 6.07) is 8.39. The van der Waals surface area contributed by atoms with Gasteiger partial charge in [0.25, 0.3) is 0 Å². The maximum Gasteiger partial charge on any atom is 0.238 e. The number of carbonyl (C=O) groups is 2. The van der Waals surface area contributed by atoms with E-state index in [1.54, 1.807) is 30.3 Å². The minimum absolute atomic E-state index is 0.0676. The highest BCUT2D eigenvalue weighted by molar-refractivity contribution is 6.31. The lowest BCUT2D eigenvalue weighted by molar-refractivity contribution is -0.124. The van der Waals surface area contributed by atoms with Crippen LogP contribution in [0, 0.1) is 11.2 Å². The molecule has 2 aromatic carbocycles. The topological polar surface area (TPSA) is 90.5 Å². The van der Waals surface area contributed by atoms with E-state index < -0.39 is 34.6 Å². The quantitative estimate of drug-likeness (QED) is 0.439. The first-order valence-corrected chi connectivity index (χ1v) is 13.5. The number of benzene rings is 2. The number of halogens is 3. The van der Waals surface area contributed by atoms with E-state index in [2.05, 4.69) is 16.0 Å². The van der Waals surface area contributed by atoms with Gasteiger partial charge in [-0.2, -0.15) is 0 Å². The zero-order valence-electron chi connectivity index (χ0n) is 21.1. The summed E-state index contributed by atoms with van der Waals surface area (Å²) in [4.78, 5) is 28.0. The van der Waals surface area contributed by atoms with Gasteiger partial charge in [-0.1, -0.05) is 62.2 Å². The molecule has 37 heavy (non-hydrogen) atoms. The van der Waals surface area contributed by atoms with Crippen LogP contribution in [0.25, 0.3) is 0 Å². The highest BCUT2D eigenvalue weighted by Crippen LogP contribution is 2.58. The first-order chi connectivity index (χ1) is 17.4. The SMILES string of the molecule is CC(C)(C)[C@@H]1N[C@@H](C(=O)NC2CCC(O)CC2)C(c2cccc(Cl)c2F)[C@]12C(=O)Nc1cc(Cl)ccc12. The third kappa shape index (κ3) is 4.34. The van der Waals surface area contributed by atoms with Gasteiger partial charge in [-0.05, 0) is 60.4 Å². The Morgan fingerprint density at radius 1 is 1.14 bits per heavy atom. The normalized spacial score (nSPS) is 31.3. The fraction of sp³-hybridized carbons (Fsp3) is 0.500. The second-order valence-electron chi connectivity index (χ2n) is 11.6. The van der Waals surface area contributed by atoms with Gasteiger partial charge in [-0.25, -0.2) is 4.39 Å². The van der Waals surface area contributed by atoms with Gasteiger partial charge < -0.3 is 21.1 Å². The molecular formula is C28H32Cl2FN3O3. The molecule has 1 saturated carbocycles. The van der Waals surface area contributed by atoms with Crippen LogP contribution in [-0.2, 0) is 15.0 Å². The van der Waals surface area contributed by atoms with Gasteiger partial charge in [0.05, 0.1) is 17.2 Å². The molecule has 2 aliphatic heterocycles. The lowest BCUT2D eigenvalue weighted by atomic mass is 9.60. The minimum atomic E-state index is -1.30. The molecule has 0 bridgehead atoms. The van der Waals surface area contributed by atoms with Crippen LogP contribution in [-0.4, -0.2) is 41.2 Å². The van der Waals surface area contributed by atoms with Crippen molar-refractivity contribution in [1.82, 2.24) is 10.6 Å². The van der Waals surface area contributed by atoms with E-state index >= 15 is 4.39 Å². The predicted octanol–water partition coefficient (Wildman–Crippen LogP) is 4.91. The standard InChI is InChI=1S/C28H32Cl2FN3O3/c1-27(2,3)25-28(18-12-7-14(29)13-20(18)33-26(28)37)21(17-5-4-6-19(30)22(17)31)23(34-25)24(36)32-15-8-10-16(35)11-9-15/h4-7,12-13,15-16,21,23,25,34-35H,8-11H2,1-3H3,(H,32,36)(H,33,37)/t15?,16?,21?,23-,25+,28+/m1/s1. The number of anilines is 1. The first-order valence-electron chi connectivity index (χ1n) is 12.7. The molecule has 1 spiro atoms. The maximum atomic E-state index is 15.7. The third-order valence-electron chi connectivity index (χ3n) is 8.18. The van der Waals surface area contributed by atoms with Crippen LogP contribution in [0.15, 0.2) is 36.4 Å². The third-order valence-corrected chi connectivity index (χ3v) is 8.71. The molecular weight excluding hydrogens is 516 g/mol. The summed E-state index contributed by atoms with van der Waals surface area (Å²) in [6.45, 7) is 6.01. The summed E-state index contributed by atoms with van der Waals surface area (Å²) < 4.78 is 15.7. The highest BCUT2D eigenvalue weighted by Gasteiger charge is 2.68. The van der Waals surface area contributed by atoms with Crippen molar-refractivity contribution < 1.29 is 19.1 Å². The molecule has 9 heteroatoms. The van der Waals surface area contributed by atoms with Crippen LogP contribution in [0.4, 0.5) is 10.1 Å². The molecule has 1 saturated heterocycles. The summed E-state index contributed by atoms with van der Waals surface area (Å²) in [6.07, 6.45) is 2.18. The lowest BCUT2D eigenvalue weighted by Crippen LogP contribution is -2.54.